The van der Waals surface area contributed by atoms with Crippen LogP contribution in [0.3, 0.4) is 0 Å². The molecular formula is C26H37F2N9O4. The monoisotopic (exact) mass is 577 g/mol. The lowest BCUT2D eigenvalue weighted by molar-refractivity contribution is -0.105. The summed E-state index contributed by atoms with van der Waals surface area (Å²) >= 11 is 0. The van der Waals surface area contributed by atoms with Crippen molar-refractivity contribution in [2.75, 3.05) is 62.5 Å². The molecule has 2 bridgehead atoms. The number of rotatable bonds is 8. The van der Waals surface area contributed by atoms with Crippen molar-refractivity contribution in [2.24, 2.45) is 11.8 Å². The van der Waals surface area contributed by atoms with Crippen molar-refractivity contribution in [3.05, 3.63) is 24.7 Å². The highest BCUT2D eigenvalue weighted by atomic mass is 19.3. The average molecular weight is 578 g/mol. The summed E-state index contributed by atoms with van der Waals surface area (Å²) in [5.41, 5.74) is 0. The van der Waals surface area contributed by atoms with Gasteiger partial charge in [0.2, 0.25) is 18.2 Å². The number of nitrogens with zero attached hydrogens (tertiary/aromatic N) is 6. The molecule has 2 aromatic rings. The van der Waals surface area contributed by atoms with Crippen molar-refractivity contribution < 1.29 is 27.8 Å². The van der Waals surface area contributed by atoms with Gasteiger partial charge in [0, 0.05) is 53.0 Å². The predicted molar refractivity (Wildman–Crippen MR) is 147 cm³/mol. The first-order chi connectivity index (χ1) is 19.7. The van der Waals surface area contributed by atoms with E-state index in [1.165, 1.54) is 57.6 Å². The zero-order valence-electron chi connectivity index (χ0n) is 23.4. The van der Waals surface area contributed by atoms with Gasteiger partial charge in [-0.1, -0.05) is 0 Å². The minimum absolute atomic E-state index is 0.00608. The van der Waals surface area contributed by atoms with Gasteiger partial charge in [-0.25, -0.2) is 28.5 Å². The number of methoxy groups -OCH3 is 1. The zero-order valence-corrected chi connectivity index (χ0v) is 23.4. The number of anilines is 3. The summed E-state index contributed by atoms with van der Waals surface area (Å²) in [6.07, 6.45) is 7.30. The first kappa shape index (κ1) is 30.2. The van der Waals surface area contributed by atoms with Crippen molar-refractivity contribution in [1.29, 1.82) is 0 Å². The summed E-state index contributed by atoms with van der Waals surface area (Å²) in [5.74, 6) is -0.687. The standard InChI is InChI=1S/C18H22F2N8O3.C8H15NO/c1-3-31-15-9-22-14(8-23-15)26-17(30)27(2)12-10-28(7-5-18(12,19)20)16-21-6-4-13(25-16)24-11-29;1-10-8-6-2-3-7(8)5-9-4-6/h4,6,8-9,11-12H,3,5,7,10H2,1-2H3,(H,22,26,30)(H,21,24,25,29);6-9H,2-5H2,1H3. The molecule has 3 atom stereocenters. The molecule has 0 spiro atoms. The number of amides is 3. The third-order valence-electron chi connectivity index (χ3n) is 7.59. The molecule has 15 heteroatoms. The number of nitrogens with one attached hydrogen (secondary N) is 3. The number of piperidine rings is 2. The zero-order chi connectivity index (χ0) is 29.4. The van der Waals surface area contributed by atoms with Crippen molar-refractivity contribution >= 4 is 30.0 Å². The summed E-state index contributed by atoms with van der Waals surface area (Å²) in [5, 5.41) is 8.28. The van der Waals surface area contributed by atoms with Crippen molar-refractivity contribution in [2.45, 2.75) is 44.3 Å². The normalized spacial score (nSPS) is 24.5. The Hall–Kier alpha value is -3.72. The average Bonchev–Trinajstić information content (AvgIpc) is 3.20. The lowest BCUT2D eigenvalue weighted by Gasteiger charge is -2.42. The van der Waals surface area contributed by atoms with E-state index in [1.54, 1.807) is 11.8 Å². The predicted octanol–water partition coefficient (Wildman–Crippen LogP) is 2.24. The molecule has 3 amide bonds. The van der Waals surface area contributed by atoms with Crippen LogP contribution >= 0.6 is 0 Å². The number of likely N-dealkylation sites (N-methyl/N-ethyl adjacent to an activating group) is 1. The highest BCUT2D eigenvalue weighted by molar-refractivity contribution is 5.88. The van der Waals surface area contributed by atoms with Crippen LogP contribution in [0.1, 0.15) is 26.2 Å². The summed E-state index contributed by atoms with van der Waals surface area (Å²) in [6, 6.07) is -0.726. The van der Waals surface area contributed by atoms with Gasteiger partial charge in [0.25, 0.3) is 5.92 Å². The van der Waals surface area contributed by atoms with Crippen LogP contribution in [-0.4, -0.2) is 102 Å². The van der Waals surface area contributed by atoms with Gasteiger partial charge in [-0.3, -0.25) is 10.1 Å². The van der Waals surface area contributed by atoms with E-state index in [0.717, 1.165) is 16.7 Å². The topological polar surface area (TPSA) is 147 Å². The molecule has 5 rings (SSSR count). The fourth-order valence-electron chi connectivity index (χ4n) is 5.47. The van der Waals surface area contributed by atoms with Crippen LogP contribution in [-0.2, 0) is 9.53 Å². The number of halogens is 2. The van der Waals surface area contributed by atoms with Gasteiger partial charge in [0.1, 0.15) is 11.9 Å². The molecule has 41 heavy (non-hydrogen) atoms. The van der Waals surface area contributed by atoms with Gasteiger partial charge in [0.15, 0.2) is 5.82 Å². The molecule has 1 saturated carbocycles. The second kappa shape index (κ2) is 13.8. The maximum atomic E-state index is 14.7. The van der Waals surface area contributed by atoms with E-state index < -0.39 is 24.4 Å². The van der Waals surface area contributed by atoms with Crippen molar-refractivity contribution in [1.82, 2.24) is 30.2 Å². The maximum Gasteiger partial charge on any atom is 0.323 e. The summed E-state index contributed by atoms with van der Waals surface area (Å²) in [4.78, 5) is 41.9. The van der Waals surface area contributed by atoms with Gasteiger partial charge in [0.05, 0.1) is 25.1 Å². The first-order valence-electron chi connectivity index (χ1n) is 13.6. The molecule has 3 unspecified atom stereocenters. The highest BCUT2D eigenvalue weighted by Crippen LogP contribution is 2.35. The Morgan fingerprint density at radius 3 is 2.59 bits per heavy atom. The third kappa shape index (κ3) is 7.52. The minimum atomic E-state index is -3.12. The van der Waals surface area contributed by atoms with Gasteiger partial charge < -0.3 is 29.9 Å². The van der Waals surface area contributed by atoms with Crippen molar-refractivity contribution in [3.63, 3.8) is 0 Å². The lowest BCUT2D eigenvalue weighted by atomic mass is 9.97. The van der Waals surface area contributed by atoms with Crippen LogP contribution in [0, 0.1) is 11.8 Å². The fourth-order valence-corrected chi connectivity index (χ4v) is 5.47. The number of ether oxygens (including phenoxy) is 2. The lowest BCUT2D eigenvalue weighted by Crippen LogP contribution is -2.60. The summed E-state index contributed by atoms with van der Waals surface area (Å²) in [6.45, 7) is 4.35. The summed E-state index contributed by atoms with van der Waals surface area (Å²) < 4.78 is 39.9. The molecular weight excluding hydrogens is 540 g/mol. The molecule has 3 aliphatic rings. The van der Waals surface area contributed by atoms with E-state index in [9.17, 15) is 18.4 Å². The van der Waals surface area contributed by atoms with Crippen LogP contribution in [0.4, 0.5) is 31.2 Å². The first-order valence-corrected chi connectivity index (χ1v) is 13.6. The number of aromatic nitrogens is 4. The van der Waals surface area contributed by atoms with Crippen LogP contribution in [0.5, 0.6) is 5.88 Å². The largest absolute Gasteiger partial charge is 0.477 e. The van der Waals surface area contributed by atoms with Gasteiger partial charge in [-0.05, 0) is 37.7 Å². The van der Waals surface area contributed by atoms with E-state index in [0.29, 0.717) is 19.1 Å². The quantitative estimate of drug-likeness (QED) is 0.399. The van der Waals surface area contributed by atoms with Crippen LogP contribution < -0.4 is 25.6 Å². The van der Waals surface area contributed by atoms with Gasteiger partial charge >= 0.3 is 6.03 Å². The summed E-state index contributed by atoms with van der Waals surface area (Å²) in [7, 11) is 3.13. The van der Waals surface area contributed by atoms with Crippen molar-refractivity contribution in [3.8, 4) is 5.88 Å². The number of carbonyl (C=O) groups excluding carboxylic acids is 2. The second-order valence-electron chi connectivity index (χ2n) is 10.1. The van der Waals surface area contributed by atoms with Crippen LogP contribution in [0.15, 0.2) is 24.7 Å². The van der Waals surface area contributed by atoms with E-state index >= 15 is 0 Å². The molecule has 224 valence electrons. The van der Waals surface area contributed by atoms with E-state index in [1.807, 2.05) is 7.11 Å². The van der Waals surface area contributed by atoms with E-state index in [2.05, 4.69) is 35.9 Å². The minimum Gasteiger partial charge on any atom is -0.477 e. The molecule has 13 nitrogen and oxygen atoms in total. The Kier molecular flexibility index (Phi) is 10.2. The smallest absolute Gasteiger partial charge is 0.323 e. The van der Waals surface area contributed by atoms with E-state index in [-0.39, 0.29) is 36.6 Å². The van der Waals surface area contributed by atoms with E-state index in [4.69, 9.17) is 9.47 Å². The van der Waals surface area contributed by atoms with Gasteiger partial charge in [-0.2, -0.15) is 4.98 Å². The Bertz CT molecular complexity index is 1140. The Morgan fingerprint density at radius 2 is 1.98 bits per heavy atom. The third-order valence-corrected chi connectivity index (χ3v) is 7.59. The molecule has 4 heterocycles. The Labute approximate surface area is 237 Å². The number of hydrogen-bond donors (Lipinski definition) is 3. The number of urea groups is 1. The molecule has 3 fully saturated rings. The molecule has 0 aromatic carbocycles. The van der Waals surface area contributed by atoms with Crippen LogP contribution in [0.2, 0.25) is 0 Å². The molecule has 2 saturated heterocycles. The Morgan fingerprint density at radius 1 is 1.22 bits per heavy atom. The SMILES string of the molecule is CCOc1cnc(NC(=O)N(C)C2CN(c3nccc(NC=O)n3)CCC2(F)F)cn1.COC1C2CCC1CNC2. The Balaban J connectivity index is 0.000000322. The second-order valence-corrected chi connectivity index (χ2v) is 10.1. The molecule has 3 N–H and O–H groups in total. The fraction of sp³-hybridized carbons (Fsp3) is 0.615. The van der Waals surface area contributed by atoms with Crippen LogP contribution in [0.25, 0.3) is 0 Å². The highest BCUT2D eigenvalue weighted by Gasteiger charge is 2.48. The van der Waals surface area contributed by atoms with Gasteiger partial charge in [-0.15, -0.1) is 0 Å². The maximum absolute atomic E-state index is 14.7. The molecule has 1 aliphatic carbocycles. The number of hydrogen-bond acceptors (Lipinski definition) is 10. The molecule has 2 aliphatic heterocycles. The number of alkyl halides is 2. The number of carbonyl (C=O) groups is 2. The molecule has 2 aromatic heterocycles. The number of fused-ring (bicyclic) bond motifs is 2. The molecule has 0 radical (unpaired) electrons.